The minimum absolute atomic E-state index is 0.0827. The zero-order chi connectivity index (χ0) is 12.4. The molecule has 1 aromatic carbocycles. The quantitative estimate of drug-likeness (QED) is 0.816. The van der Waals surface area contributed by atoms with Gasteiger partial charge in [0.25, 0.3) is 0 Å². The third kappa shape index (κ3) is 2.34. The van der Waals surface area contributed by atoms with Crippen molar-refractivity contribution in [3.8, 4) is 5.88 Å². The molecule has 0 bridgehead atoms. The summed E-state index contributed by atoms with van der Waals surface area (Å²) >= 11 is 1.09. The van der Waals surface area contributed by atoms with Crippen molar-refractivity contribution in [2.75, 3.05) is 5.73 Å². The highest BCUT2D eigenvalue weighted by Crippen LogP contribution is 2.23. The fourth-order valence-corrected chi connectivity index (χ4v) is 2.63. The standard InChI is InChI=1S/C12H14N2O2S/c1-2-14-11(15)10(17-12(14)16)7-8-3-5-9(13)6-4-8/h3-6,15H,2,7,13H2,1H3. The largest absolute Gasteiger partial charge is 0.494 e. The first-order chi connectivity index (χ1) is 8.11. The molecule has 0 aliphatic rings. The van der Waals surface area contributed by atoms with Gasteiger partial charge in [-0.2, -0.15) is 0 Å². The number of nitrogens with zero attached hydrogens (tertiary/aromatic N) is 1. The first-order valence-corrected chi connectivity index (χ1v) is 6.19. The number of aromatic hydroxyl groups is 1. The number of benzene rings is 1. The molecule has 4 nitrogen and oxygen atoms in total. The lowest BCUT2D eigenvalue weighted by atomic mass is 10.1. The van der Waals surface area contributed by atoms with Crippen LogP contribution in [0.25, 0.3) is 0 Å². The van der Waals surface area contributed by atoms with Crippen molar-refractivity contribution in [1.29, 1.82) is 0 Å². The van der Waals surface area contributed by atoms with Crippen molar-refractivity contribution in [1.82, 2.24) is 4.57 Å². The van der Waals surface area contributed by atoms with E-state index in [-0.39, 0.29) is 10.8 Å². The van der Waals surface area contributed by atoms with Crippen LogP contribution in [0.2, 0.25) is 0 Å². The summed E-state index contributed by atoms with van der Waals surface area (Å²) in [5, 5.41) is 9.87. The van der Waals surface area contributed by atoms with Crippen LogP contribution in [0.4, 0.5) is 5.69 Å². The van der Waals surface area contributed by atoms with E-state index in [1.54, 1.807) is 0 Å². The molecule has 0 saturated carbocycles. The number of nitrogens with two attached hydrogens (primary N) is 1. The fourth-order valence-electron chi connectivity index (χ4n) is 1.66. The summed E-state index contributed by atoms with van der Waals surface area (Å²) < 4.78 is 1.37. The van der Waals surface area contributed by atoms with Crippen LogP contribution in [0.5, 0.6) is 5.88 Å². The Morgan fingerprint density at radius 3 is 2.53 bits per heavy atom. The molecule has 0 atom stereocenters. The lowest BCUT2D eigenvalue weighted by Crippen LogP contribution is -2.09. The van der Waals surface area contributed by atoms with Crippen molar-refractivity contribution < 1.29 is 5.11 Å². The van der Waals surface area contributed by atoms with E-state index >= 15 is 0 Å². The smallest absolute Gasteiger partial charge is 0.310 e. The molecule has 0 aliphatic heterocycles. The summed E-state index contributed by atoms with van der Waals surface area (Å²) in [5.41, 5.74) is 7.33. The zero-order valence-electron chi connectivity index (χ0n) is 9.51. The van der Waals surface area contributed by atoms with Crippen molar-refractivity contribution in [3.63, 3.8) is 0 Å². The molecule has 3 N–H and O–H groups in total. The van der Waals surface area contributed by atoms with Crippen LogP contribution in [0.15, 0.2) is 29.1 Å². The minimum Gasteiger partial charge on any atom is -0.494 e. The number of hydrogen-bond acceptors (Lipinski definition) is 4. The molecular weight excluding hydrogens is 236 g/mol. The molecule has 0 radical (unpaired) electrons. The molecule has 0 fully saturated rings. The van der Waals surface area contributed by atoms with E-state index in [9.17, 15) is 9.90 Å². The van der Waals surface area contributed by atoms with E-state index in [0.29, 0.717) is 23.5 Å². The average molecular weight is 250 g/mol. The Bertz CT molecular complexity index is 569. The molecule has 17 heavy (non-hydrogen) atoms. The van der Waals surface area contributed by atoms with Gasteiger partial charge in [-0.15, -0.1) is 0 Å². The van der Waals surface area contributed by atoms with Gasteiger partial charge in [0, 0.05) is 18.7 Å². The Kier molecular flexibility index (Phi) is 3.19. The Morgan fingerprint density at radius 1 is 1.35 bits per heavy atom. The number of rotatable bonds is 3. The Labute approximate surface area is 103 Å². The Morgan fingerprint density at radius 2 is 2.00 bits per heavy atom. The topological polar surface area (TPSA) is 68.2 Å². The second-order valence-electron chi connectivity index (χ2n) is 3.78. The molecular formula is C12H14N2O2S. The Balaban J connectivity index is 2.30. The molecule has 0 amide bonds. The third-order valence-electron chi connectivity index (χ3n) is 2.60. The molecule has 2 rings (SSSR count). The van der Waals surface area contributed by atoms with Crippen molar-refractivity contribution in [2.24, 2.45) is 0 Å². The summed E-state index contributed by atoms with van der Waals surface area (Å²) in [6.07, 6.45) is 0.555. The van der Waals surface area contributed by atoms with Gasteiger partial charge >= 0.3 is 4.87 Å². The van der Waals surface area contributed by atoms with Crippen LogP contribution >= 0.6 is 11.3 Å². The lowest BCUT2D eigenvalue weighted by Gasteiger charge is -2.01. The minimum atomic E-state index is -0.115. The molecule has 0 aliphatic carbocycles. The van der Waals surface area contributed by atoms with Crippen LogP contribution in [0, 0.1) is 0 Å². The first kappa shape index (κ1) is 11.7. The summed E-state index contributed by atoms with van der Waals surface area (Å²) in [4.78, 5) is 12.1. The highest BCUT2D eigenvalue weighted by Gasteiger charge is 2.12. The zero-order valence-corrected chi connectivity index (χ0v) is 10.3. The molecule has 0 spiro atoms. The maximum Gasteiger partial charge on any atom is 0.310 e. The number of nitrogen functional groups attached to an aromatic ring is 1. The number of thiazole rings is 1. The van der Waals surface area contributed by atoms with E-state index in [0.717, 1.165) is 16.9 Å². The summed E-state index contributed by atoms with van der Waals surface area (Å²) in [7, 11) is 0. The number of hydrogen-bond donors (Lipinski definition) is 2. The number of aromatic nitrogens is 1. The summed E-state index contributed by atoms with van der Waals surface area (Å²) in [5.74, 6) is 0.0827. The van der Waals surface area contributed by atoms with Gasteiger partial charge in [-0.25, -0.2) is 0 Å². The van der Waals surface area contributed by atoms with Gasteiger partial charge in [0.1, 0.15) is 0 Å². The van der Waals surface area contributed by atoms with Crippen molar-refractivity contribution >= 4 is 17.0 Å². The van der Waals surface area contributed by atoms with Gasteiger partial charge in [0.05, 0.1) is 4.88 Å². The van der Waals surface area contributed by atoms with Crippen LogP contribution in [0.3, 0.4) is 0 Å². The van der Waals surface area contributed by atoms with E-state index < -0.39 is 0 Å². The maximum absolute atomic E-state index is 11.5. The van der Waals surface area contributed by atoms with Crippen molar-refractivity contribution in [3.05, 3.63) is 44.4 Å². The summed E-state index contributed by atoms with van der Waals surface area (Å²) in [6.45, 7) is 2.32. The molecule has 1 heterocycles. The van der Waals surface area contributed by atoms with Crippen LogP contribution in [-0.2, 0) is 13.0 Å². The molecule has 5 heteroatoms. The Hall–Kier alpha value is -1.75. The maximum atomic E-state index is 11.5. The van der Waals surface area contributed by atoms with Crippen LogP contribution in [-0.4, -0.2) is 9.67 Å². The first-order valence-electron chi connectivity index (χ1n) is 5.37. The van der Waals surface area contributed by atoms with Crippen LogP contribution < -0.4 is 10.6 Å². The predicted molar refractivity (Wildman–Crippen MR) is 69.6 cm³/mol. The SMILES string of the molecule is CCn1c(O)c(Cc2ccc(N)cc2)sc1=O. The van der Waals surface area contributed by atoms with Crippen LogP contribution in [0.1, 0.15) is 17.4 Å². The van der Waals surface area contributed by atoms with Gasteiger partial charge in [-0.3, -0.25) is 9.36 Å². The van der Waals surface area contributed by atoms with Gasteiger partial charge in [0.2, 0.25) is 5.88 Å². The predicted octanol–water partition coefficient (Wildman–Crippen LogP) is 1.81. The molecule has 90 valence electrons. The molecule has 2 aromatic rings. The van der Waals surface area contributed by atoms with E-state index in [2.05, 4.69) is 0 Å². The van der Waals surface area contributed by atoms with Gasteiger partial charge in [-0.05, 0) is 24.6 Å². The van der Waals surface area contributed by atoms with Gasteiger partial charge in [0.15, 0.2) is 0 Å². The molecule has 1 aromatic heterocycles. The van der Waals surface area contributed by atoms with Crippen molar-refractivity contribution in [2.45, 2.75) is 19.9 Å². The highest BCUT2D eigenvalue weighted by molar-refractivity contribution is 7.09. The summed E-state index contributed by atoms with van der Waals surface area (Å²) in [6, 6.07) is 7.42. The lowest BCUT2D eigenvalue weighted by molar-refractivity contribution is 0.413. The van der Waals surface area contributed by atoms with E-state index in [4.69, 9.17) is 5.73 Å². The monoisotopic (exact) mass is 250 g/mol. The second-order valence-corrected chi connectivity index (χ2v) is 4.82. The van der Waals surface area contributed by atoms with Gasteiger partial charge in [-0.1, -0.05) is 23.5 Å². The third-order valence-corrected chi connectivity index (χ3v) is 3.56. The molecule has 0 saturated heterocycles. The highest BCUT2D eigenvalue weighted by atomic mass is 32.1. The second kappa shape index (κ2) is 4.63. The average Bonchev–Trinajstić information content (AvgIpc) is 2.57. The molecule has 0 unspecified atom stereocenters. The fraction of sp³-hybridized carbons (Fsp3) is 0.250. The number of anilines is 1. The van der Waals surface area contributed by atoms with E-state index in [1.165, 1.54) is 4.57 Å². The normalized spacial score (nSPS) is 10.6. The van der Waals surface area contributed by atoms with Gasteiger partial charge < -0.3 is 10.8 Å². The van der Waals surface area contributed by atoms with E-state index in [1.807, 2.05) is 31.2 Å².